The molecule has 0 saturated heterocycles. The second-order valence-electron chi connectivity index (χ2n) is 5.79. The predicted octanol–water partition coefficient (Wildman–Crippen LogP) is 5.42. The monoisotopic (exact) mass is 344 g/mol. The lowest BCUT2D eigenvalue weighted by molar-refractivity contribution is 0.476. The second kappa shape index (κ2) is 6.42. The van der Waals surface area contributed by atoms with Crippen molar-refractivity contribution >= 4 is 39.4 Å². The van der Waals surface area contributed by atoms with Gasteiger partial charge in [-0.2, -0.15) is 0 Å². The highest BCUT2D eigenvalue weighted by molar-refractivity contribution is 7.21. The molecule has 0 atom stereocenters. The Morgan fingerprint density at radius 2 is 1.48 bits per heavy atom. The van der Waals surface area contributed by atoms with Crippen LogP contribution in [0.15, 0.2) is 66.7 Å². The number of hydrogen-bond donors (Lipinski definition) is 2. The number of nitrogen functional groups attached to an aromatic ring is 1. The van der Waals surface area contributed by atoms with Gasteiger partial charge in [-0.15, -0.1) is 11.3 Å². The third kappa shape index (κ3) is 3.39. The van der Waals surface area contributed by atoms with Crippen LogP contribution in [0.2, 0.25) is 0 Å². The van der Waals surface area contributed by atoms with Gasteiger partial charge in [0.15, 0.2) is 0 Å². The minimum Gasteiger partial charge on any atom is -0.508 e. The van der Waals surface area contributed by atoms with Crippen LogP contribution in [0.5, 0.6) is 5.75 Å². The molecule has 0 aliphatic carbocycles. The Morgan fingerprint density at radius 1 is 0.840 bits per heavy atom. The van der Waals surface area contributed by atoms with Gasteiger partial charge in [0.2, 0.25) is 0 Å². The first-order chi connectivity index (χ1) is 12.2. The molecule has 0 unspecified atom stereocenters. The standard InChI is InChI=1S/C21H16N2OS/c22-17-9-5-15(6-10-17)2-1-14-3-7-16(8-4-14)21-23-19-13-18(24)11-12-20(19)25-21/h1-13,24H,22H2. The average Bonchev–Trinajstić information content (AvgIpc) is 3.05. The SMILES string of the molecule is Nc1ccc(C=Cc2ccc(-c3nc4cc(O)ccc4s3)cc2)cc1. The number of anilines is 1. The van der Waals surface area contributed by atoms with Gasteiger partial charge in [-0.25, -0.2) is 4.98 Å². The quantitative estimate of drug-likeness (QED) is 0.385. The highest BCUT2D eigenvalue weighted by Crippen LogP contribution is 2.32. The van der Waals surface area contributed by atoms with E-state index in [4.69, 9.17) is 5.73 Å². The zero-order chi connectivity index (χ0) is 17.2. The van der Waals surface area contributed by atoms with Crippen LogP contribution in [-0.2, 0) is 0 Å². The van der Waals surface area contributed by atoms with Gasteiger partial charge in [0, 0.05) is 17.3 Å². The Balaban J connectivity index is 1.57. The first-order valence-electron chi connectivity index (χ1n) is 7.91. The molecule has 0 spiro atoms. The molecule has 0 bridgehead atoms. The Morgan fingerprint density at radius 3 is 2.16 bits per heavy atom. The lowest BCUT2D eigenvalue weighted by atomic mass is 10.1. The molecule has 4 heteroatoms. The number of fused-ring (bicyclic) bond motifs is 1. The normalized spacial score (nSPS) is 11.4. The van der Waals surface area contributed by atoms with Crippen molar-refractivity contribution in [2.75, 3.05) is 5.73 Å². The Bertz CT molecular complexity index is 1050. The summed E-state index contributed by atoms with van der Waals surface area (Å²) < 4.78 is 1.07. The third-order valence-electron chi connectivity index (χ3n) is 3.93. The van der Waals surface area contributed by atoms with E-state index in [0.29, 0.717) is 0 Å². The summed E-state index contributed by atoms with van der Waals surface area (Å²) >= 11 is 1.62. The molecular weight excluding hydrogens is 328 g/mol. The first-order valence-corrected chi connectivity index (χ1v) is 8.73. The molecule has 122 valence electrons. The van der Waals surface area contributed by atoms with E-state index in [9.17, 15) is 5.11 Å². The Labute approximate surface area is 149 Å². The van der Waals surface area contributed by atoms with Crippen molar-refractivity contribution in [2.45, 2.75) is 0 Å². The molecule has 1 aromatic heterocycles. The topological polar surface area (TPSA) is 59.1 Å². The van der Waals surface area contributed by atoms with Crippen LogP contribution in [0.3, 0.4) is 0 Å². The fraction of sp³-hybridized carbons (Fsp3) is 0. The summed E-state index contributed by atoms with van der Waals surface area (Å²) in [6.07, 6.45) is 4.14. The maximum absolute atomic E-state index is 9.56. The van der Waals surface area contributed by atoms with Crippen molar-refractivity contribution in [1.29, 1.82) is 0 Å². The predicted molar refractivity (Wildman–Crippen MR) is 107 cm³/mol. The molecule has 1 heterocycles. The third-order valence-corrected chi connectivity index (χ3v) is 5.02. The van der Waals surface area contributed by atoms with Crippen molar-refractivity contribution in [1.82, 2.24) is 4.98 Å². The second-order valence-corrected chi connectivity index (χ2v) is 6.82. The summed E-state index contributed by atoms with van der Waals surface area (Å²) in [5, 5.41) is 10.5. The molecule has 25 heavy (non-hydrogen) atoms. The van der Waals surface area contributed by atoms with E-state index in [1.165, 1.54) is 0 Å². The van der Waals surface area contributed by atoms with Crippen LogP contribution in [0.4, 0.5) is 5.69 Å². The summed E-state index contributed by atoms with van der Waals surface area (Å²) in [6, 6.07) is 21.4. The lowest BCUT2D eigenvalue weighted by Crippen LogP contribution is -1.82. The number of aromatic nitrogens is 1. The first kappa shape index (κ1) is 15.4. The summed E-state index contributed by atoms with van der Waals surface area (Å²) in [5.74, 6) is 0.243. The summed E-state index contributed by atoms with van der Waals surface area (Å²) in [5.41, 5.74) is 10.6. The largest absolute Gasteiger partial charge is 0.508 e. The number of aromatic hydroxyl groups is 1. The fourth-order valence-corrected chi connectivity index (χ4v) is 3.53. The number of nitrogens with two attached hydrogens (primary N) is 1. The minimum absolute atomic E-state index is 0.243. The van der Waals surface area contributed by atoms with Gasteiger partial charge in [0.1, 0.15) is 10.8 Å². The molecule has 4 aromatic rings. The van der Waals surface area contributed by atoms with E-state index in [1.54, 1.807) is 23.5 Å². The molecule has 0 fully saturated rings. The van der Waals surface area contributed by atoms with E-state index in [1.807, 2.05) is 30.3 Å². The summed E-state index contributed by atoms with van der Waals surface area (Å²) in [6.45, 7) is 0. The fourth-order valence-electron chi connectivity index (χ4n) is 2.58. The van der Waals surface area contributed by atoms with E-state index < -0.39 is 0 Å². The molecule has 0 radical (unpaired) electrons. The van der Waals surface area contributed by atoms with Crippen molar-refractivity contribution in [3.63, 3.8) is 0 Å². The number of benzene rings is 3. The summed E-state index contributed by atoms with van der Waals surface area (Å²) in [7, 11) is 0. The molecule has 0 saturated carbocycles. The van der Waals surface area contributed by atoms with Crippen molar-refractivity contribution < 1.29 is 5.11 Å². The molecule has 3 nitrogen and oxygen atoms in total. The molecule has 0 amide bonds. The van der Waals surface area contributed by atoms with Crippen LogP contribution in [0.25, 0.3) is 32.9 Å². The molecule has 3 aromatic carbocycles. The zero-order valence-corrected chi connectivity index (χ0v) is 14.2. The van der Waals surface area contributed by atoms with Gasteiger partial charge >= 0.3 is 0 Å². The summed E-state index contributed by atoms with van der Waals surface area (Å²) in [4.78, 5) is 4.60. The van der Waals surface area contributed by atoms with Crippen molar-refractivity contribution in [3.05, 3.63) is 77.9 Å². The molecule has 0 aliphatic rings. The van der Waals surface area contributed by atoms with Crippen molar-refractivity contribution in [2.24, 2.45) is 0 Å². The van der Waals surface area contributed by atoms with Crippen LogP contribution >= 0.6 is 11.3 Å². The van der Waals surface area contributed by atoms with Gasteiger partial charge in [-0.1, -0.05) is 48.6 Å². The average molecular weight is 344 g/mol. The Hall–Kier alpha value is -3.11. The Kier molecular flexibility index (Phi) is 3.96. The maximum atomic E-state index is 9.56. The number of rotatable bonds is 3. The van der Waals surface area contributed by atoms with Gasteiger partial charge in [-0.05, 0) is 35.4 Å². The smallest absolute Gasteiger partial charge is 0.124 e. The number of nitrogens with zero attached hydrogens (tertiary/aromatic N) is 1. The minimum atomic E-state index is 0.243. The van der Waals surface area contributed by atoms with Crippen LogP contribution in [0, 0.1) is 0 Å². The number of thiazole rings is 1. The van der Waals surface area contributed by atoms with Gasteiger partial charge in [0.05, 0.1) is 10.2 Å². The molecular formula is C21H16N2OS. The zero-order valence-electron chi connectivity index (χ0n) is 13.4. The van der Waals surface area contributed by atoms with Crippen LogP contribution < -0.4 is 5.73 Å². The van der Waals surface area contributed by atoms with E-state index in [-0.39, 0.29) is 5.75 Å². The highest BCUT2D eigenvalue weighted by Gasteiger charge is 2.06. The van der Waals surface area contributed by atoms with Gasteiger partial charge in [0.25, 0.3) is 0 Å². The number of phenols is 1. The molecule has 4 rings (SSSR count). The number of phenolic OH excluding ortho intramolecular Hbond substituents is 1. The van der Waals surface area contributed by atoms with E-state index >= 15 is 0 Å². The van der Waals surface area contributed by atoms with Crippen molar-refractivity contribution in [3.8, 4) is 16.3 Å². The molecule has 0 aliphatic heterocycles. The van der Waals surface area contributed by atoms with Gasteiger partial charge < -0.3 is 10.8 Å². The van der Waals surface area contributed by atoms with E-state index in [2.05, 4.69) is 41.4 Å². The lowest BCUT2D eigenvalue weighted by Gasteiger charge is -1.98. The van der Waals surface area contributed by atoms with Crippen LogP contribution in [0.1, 0.15) is 11.1 Å². The van der Waals surface area contributed by atoms with Crippen LogP contribution in [-0.4, -0.2) is 10.1 Å². The van der Waals surface area contributed by atoms with E-state index in [0.717, 1.165) is 37.6 Å². The molecule has 3 N–H and O–H groups in total. The number of hydrogen-bond acceptors (Lipinski definition) is 4. The van der Waals surface area contributed by atoms with Gasteiger partial charge in [-0.3, -0.25) is 0 Å². The highest BCUT2D eigenvalue weighted by atomic mass is 32.1. The maximum Gasteiger partial charge on any atom is 0.124 e.